The van der Waals surface area contributed by atoms with Crippen LogP contribution in [0.5, 0.6) is 5.75 Å². The van der Waals surface area contributed by atoms with Crippen molar-refractivity contribution in [3.8, 4) is 5.75 Å². The molecule has 0 saturated heterocycles. The van der Waals surface area contributed by atoms with Crippen LogP contribution in [0.3, 0.4) is 0 Å². The standard InChI is InChI=1S/C39H60O2S/c1-3-5-7-8-9-10-11-12-13-14-15-16-17-18-19-20-21-24-34-42-37-30-27-35(28-31-37)38(40)32-29-36-25-22-23-26-39(36)41-33-6-4-2/h22-23,25-32H,3-21,24,33-34H2,1-2H3/b32-29+. The highest BCUT2D eigenvalue weighted by atomic mass is 32.2. The molecule has 2 nitrogen and oxygen atoms in total. The average molecular weight is 593 g/mol. The van der Waals surface area contributed by atoms with Crippen LogP contribution in [0.1, 0.15) is 158 Å². The number of carbonyl (C=O) groups is 1. The van der Waals surface area contributed by atoms with Crippen molar-refractivity contribution in [1.29, 1.82) is 0 Å². The first-order valence-electron chi connectivity index (χ1n) is 17.4. The van der Waals surface area contributed by atoms with Crippen LogP contribution in [-0.2, 0) is 0 Å². The van der Waals surface area contributed by atoms with Crippen molar-refractivity contribution in [1.82, 2.24) is 0 Å². The number of allylic oxidation sites excluding steroid dienone is 1. The smallest absolute Gasteiger partial charge is 0.185 e. The van der Waals surface area contributed by atoms with E-state index in [4.69, 9.17) is 4.74 Å². The molecular formula is C39H60O2S. The molecule has 0 atom stereocenters. The van der Waals surface area contributed by atoms with Gasteiger partial charge < -0.3 is 4.74 Å². The van der Waals surface area contributed by atoms with Crippen molar-refractivity contribution in [2.45, 2.75) is 147 Å². The molecule has 2 aromatic carbocycles. The Kier molecular flexibility index (Phi) is 22.0. The van der Waals surface area contributed by atoms with Gasteiger partial charge in [-0.15, -0.1) is 11.8 Å². The Morgan fingerprint density at radius 3 is 1.67 bits per heavy atom. The van der Waals surface area contributed by atoms with Crippen molar-refractivity contribution >= 4 is 23.6 Å². The van der Waals surface area contributed by atoms with Gasteiger partial charge in [-0.2, -0.15) is 0 Å². The summed E-state index contributed by atoms with van der Waals surface area (Å²) in [6, 6.07) is 16.0. The Morgan fingerprint density at radius 2 is 1.12 bits per heavy atom. The molecule has 0 heterocycles. The van der Waals surface area contributed by atoms with Crippen LogP contribution in [0.25, 0.3) is 6.08 Å². The third-order valence-corrected chi connectivity index (χ3v) is 9.09. The van der Waals surface area contributed by atoms with E-state index in [0.717, 1.165) is 35.5 Å². The van der Waals surface area contributed by atoms with Crippen LogP contribution in [-0.4, -0.2) is 18.1 Å². The second kappa shape index (κ2) is 25.5. The van der Waals surface area contributed by atoms with Gasteiger partial charge in [0, 0.05) is 16.0 Å². The van der Waals surface area contributed by atoms with Crippen LogP contribution in [0, 0.1) is 0 Å². The van der Waals surface area contributed by atoms with Crippen LogP contribution in [0.15, 0.2) is 59.5 Å². The number of hydrogen-bond acceptors (Lipinski definition) is 3. The topological polar surface area (TPSA) is 26.3 Å². The van der Waals surface area contributed by atoms with Crippen molar-refractivity contribution in [2.75, 3.05) is 12.4 Å². The number of ether oxygens (including phenoxy) is 1. The molecule has 2 aromatic rings. The lowest BCUT2D eigenvalue weighted by Gasteiger charge is -2.08. The molecule has 0 aliphatic rings. The highest BCUT2D eigenvalue weighted by Crippen LogP contribution is 2.23. The number of carbonyl (C=O) groups excluding carboxylic acids is 1. The summed E-state index contributed by atoms with van der Waals surface area (Å²) in [4.78, 5) is 14.0. The van der Waals surface area contributed by atoms with E-state index in [9.17, 15) is 4.79 Å². The number of rotatable bonds is 27. The number of hydrogen-bond donors (Lipinski definition) is 0. The summed E-state index contributed by atoms with van der Waals surface area (Å²) in [5.74, 6) is 2.01. The van der Waals surface area contributed by atoms with Crippen LogP contribution in [0.2, 0.25) is 0 Å². The van der Waals surface area contributed by atoms with Gasteiger partial charge in [-0.05, 0) is 61.1 Å². The summed E-state index contributed by atoms with van der Waals surface area (Å²) in [6.45, 7) is 5.15. The summed E-state index contributed by atoms with van der Waals surface area (Å²) < 4.78 is 5.88. The summed E-state index contributed by atoms with van der Waals surface area (Å²) in [7, 11) is 0. The molecule has 0 spiro atoms. The van der Waals surface area contributed by atoms with E-state index in [0.29, 0.717) is 6.61 Å². The minimum absolute atomic E-state index is 0.0263. The van der Waals surface area contributed by atoms with Crippen LogP contribution >= 0.6 is 11.8 Å². The predicted molar refractivity (Wildman–Crippen MR) is 186 cm³/mol. The molecular weight excluding hydrogens is 532 g/mol. The number of benzene rings is 2. The Balaban J connectivity index is 1.46. The molecule has 2 rings (SSSR count). The minimum Gasteiger partial charge on any atom is -0.493 e. The predicted octanol–water partition coefficient (Wildman–Crippen LogP) is 12.9. The molecule has 0 fully saturated rings. The van der Waals surface area contributed by atoms with Gasteiger partial charge in [0.05, 0.1) is 6.61 Å². The molecule has 0 radical (unpaired) electrons. The summed E-state index contributed by atoms with van der Waals surface area (Å²) in [6.07, 6.45) is 31.1. The molecule has 0 unspecified atom stereocenters. The molecule has 0 aromatic heterocycles. The number of ketones is 1. The normalized spacial score (nSPS) is 11.4. The Labute approximate surface area is 263 Å². The Hall–Kier alpha value is -2.00. The van der Waals surface area contributed by atoms with E-state index in [2.05, 4.69) is 26.0 Å². The van der Waals surface area contributed by atoms with Crippen molar-refractivity contribution in [3.05, 3.63) is 65.7 Å². The van der Waals surface area contributed by atoms with E-state index in [1.807, 2.05) is 54.2 Å². The second-order valence-corrected chi connectivity index (χ2v) is 13.0. The van der Waals surface area contributed by atoms with Crippen LogP contribution in [0.4, 0.5) is 0 Å². The fraction of sp³-hybridized carbons (Fsp3) is 0.615. The van der Waals surface area contributed by atoms with Gasteiger partial charge in [-0.3, -0.25) is 4.79 Å². The third kappa shape index (κ3) is 17.8. The number of para-hydroxylation sites is 1. The number of unbranched alkanes of at least 4 members (excludes halogenated alkanes) is 18. The minimum atomic E-state index is 0.0263. The summed E-state index contributed by atoms with van der Waals surface area (Å²) in [5.41, 5.74) is 1.67. The van der Waals surface area contributed by atoms with E-state index in [1.54, 1.807) is 6.08 Å². The fourth-order valence-corrected chi connectivity index (χ4v) is 6.16. The third-order valence-electron chi connectivity index (χ3n) is 7.99. The molecule has 0 saturated carbocycles. The molecule has 3 heteroatoms. The molecule has 42 heavy (non-hydrogen) atoms. The molecule has 234 valence electrons. The van der Waals surface area contributed by atoms with Gasteiger partial charge in [0.2, 0.25) is 0 Å². The lowest BCUT2D eigenvalue weighted by Crippen LogP contribution is -1.98. The van der Waals surface area contributed by atoms with Gasteiger partial charge in [-0.1, -0.05) is 148 Å². The summed E-state index contributed by atoms with van der Waals surface area (Å²) >= 11 is 1.90. The van der Waals surface area contributed by atoms with Crippen molar-refractivity contribution < 1.29 is 9.53 Å². The first-order valence-corrected chi connectivity index (χ1v) is 18.4. The molecule has 0 amide bonds. The van der Waals surface area contributed by atoms with Crippen molar-refractivity contribution in [3.63, 3.8) is 0 Å². The van der Waals surface area contributed by atoms with E-state index >= 15 is 0 Å². The lowest BCUT2D eigenvalue weighted by molar-refractivity contribution is 0.104. The van der Waals surface area contributed by atoms with Gasteiger partial charge in [0.25, 0.3) is 0 Å². The average Bonchev–Trinajstić information content (AvgIpc) is 3.02. The molecule has 0 bridgehead atoms. The Bertz CT molecular complexity index is 949. The molecule has 0 aliphatic carbocycles. The highest BCUT2D eigenvalue weighted by Gasteiger charge is 2.05. The largest absolute Gasteiger partial charge is 0.493 e. The van der Waals surface area contributed by atoms with Gasteiger partial charge in [0.15, 0.2) is 5.78 Å². The van der Waals surface area contributed by atoms with Gasteiger partial charge in [-0.25, -0.2) is 0 Å². The van der Waals surface area contributed by atoms with E-state index in [-0.39, 0.29) is 5.78 Å². The fourth-order valence-electron chi connectivity index (χ4n) is 5.25. The maximum absolute atomic E-state index is 12.7. The maximum Gasteiger partial charge on any atom is 0.185 e. The van der Waals surface area contributed by atoms with Gasteiger partial charge in [0.1, 0.15) is 5.75 Å². The lowest BCUT2D eigenvalue weighted by atomic mass is 10.0. The quantitative estimate of drug-likeness (QED) is 0.0447. The first-order chi connectivity index (χ1) is 20.7. The number of thioether (sulfide) groups is 1. The summed E-state index contributed by atoms with van der Waals surface area (Å²) in [5, 5.41) is 0. The molecule has 0 aliphatic heterocycles. The SMILES string of the molecule is CCCCCCCCCCCCCCCCCCCCSc1ccc(C(=O)/C=C/c2ccccc2OCCCC)cc1. The van der Waals surface area contributed by atoms with E-state index in [1.165, 1.54) is 120 Å². The molecule has 0 N–H and O–H groups in total. The highest BCUT2D eigenvalue weighted by molar-refractivity contribution is 7.99. The van der Waals surface area contributed by atoms with Crippen LogP contribution < -0.4 is 4.74 Å². The Morgan fingerprint density at radius 1 is 0.619 bits per heavy atom. The van der Waals surface area contributed by atoms with E-state index < -0.39 is 0 Å². The zero-order chi connectivity index (χ0) is 29.9. The van der Waals surface area contributed by atoms with Crippen molar-refractivity contribution in [2.24, 2.45) is 0 Å². The zero-order valence-corrected chi connectivity index (χ0v) is 27.9. The van der Waals surface area contributed by atoms with Gasteiger partial charge >= 0.3 is 0 Å². The zero-order valence-electron chi connectivity index (χ0n) is 27.1. The maximum atomic E-state index is 12.7. The second-order valence-electron chi connectivity index (χ2n) is 11.8. The monoisotopic (exact) mass is 592 g/mol. The first kappa shape index (κ1) is 36.2.